The van der Waals surface area contributed by atoms with Crippen molar-refractivity contribution in [2.45, 2.75) is 0 Å². The number of carbonyl (C=O) groups is 3. The van der Waals surface area contributed by atoms with Crippen molar-refractivity contribution in [3.8, 4) is 5.75 Å². The summed E-state index contributed by atoms with van der Waals surface area (Å²) in [7, 11) is 3.83. The molecule has 0 aliphatic carbocycles. The second-order valence-corrected chi connectivity index (χ2v) is 8.30. The normalized spacial score (nSPS) is 11.2. The third kappa shape index (κ3) is 7.94. The number of para-hydroxylation sites is 1. The number of amides is 2. The van der Waals surface area contributed by atoms with Crippen molar-refractivity contribution in [3.05, 3.63) is 100 Å². The number of nitrogens with one attached hydrogen (secondary N) is 2. The van der Waals surface area contributed by atoms with E-state index in [1.165, 1.54) is 12.3 Å². The highest BCUT2D eigenvalue weighted by Crippen LogP contribution is 2.18. The number of halogens is 1. The first-order chi connectivity index (χ1) is 17.7. The van der Waals surface area contributed by atoms with E-state index in [2.05, 4.69) is 15.8 Å². The first-order valence-corrected chi connectivity index (χ1v) is 11.4. The average molecular weight is 521 g/mol. The summed E-state index contributed by atoms with van der Waals surface area (Å²) in [5.74, 6) is -2.08. The maximum absolute atomic E-state index is 13.0. The predicted molar refractivity (Wildman–Crippen MR) is 143 cm³/mol. The summed E-state index contributed by atoms with van der Waals surface area (Å²) < 4.78 is 5.23. The molecule has 0 aliphatic rings. The molecule has 9 nitrogen and oxygen atoms in total. The minimum atomic E-state index is -1.12. The lowest BCUT2D eigenvalue weighted by Crippen LogP contribution is -2.33. The summed E-state index contributed by atoms with van der Waals surface area (Å²) in [5.41, 5.74) is 4.62. The van der Waals surface area contributed by atoms with E-state index in [1.807, 2.05) is 43.3 Å². The Bertz CT molecular complexity index is 1340. The second-order valence-electron chi connectivity index (χ2n) is 7.90. The van der Waals surface area contributed by atoms with E-state index in [9.17, 15) is 14.4 Å². The first-order valence-electron chi connectivity index (χ1n) is 11.1. The van der Waals surface area contributed by atoms with E-state index in [1.54, 1.807) is 48.5 Å². The van der Waals surface area contributed by atoms with E-state index >= 15 is 0 Å². The Labute approximate surface area is 219 Å². The fourth-order valence-corrected chi connectivity index (χ4v) is 3.33. The Hall–Kier alpha value is -4.63. The lowest BCUT2D eigenvalue weighted by Gasteiger charge is -2.13. The van der Waals surface area contributed by atoms with E-state index in [0.29, 0.717) is 11.1 Å². The molecular formula is C27H25ClN4O5. The molecule has 3 rings (SSSR count). The van der Waals surface area contributed by atoms with Crippen LogP contribution in [0.4, 0.5) is 5.69 Å². The fraction of sp³-hybridized carbons (Fsp3) is 0.111. The summed E-state index contributed by atoms with van der Waals surface area (Å²) in [6.45, 7) is -0.523. The molecule has 0 fully saturated rings. The van der Waals surface area contributed by atoms with Crippen LogP contribution in [-0.2, 0) is 9.59 Å². The number of benzene rings is 3. The molecule has 0 unspecified atom stereocenters. The van der Waals surface area contributed by atoms with Gasteiger partial charge in [0, 0.05) is 25.3 Å². The van der Waals surface area contributed by atoms with Gasteiger partial charge in [-0.05, 0) is 48.0 Å². The van der Waals surface area contributed by atoms with Gasteiger partial charge in [-0.15, -0.1) is 0 Å². The van der Waals surface area contributed by atoms with Crippen LogP contribution in [0.25, 0.3) is 6.08 Å². The van der Waals surface area contributed by atoms with Gasteiger partial charge in [-0.1, -0.05) is 48.0 Å². The van der Waals surface area contributed by atoms with Crippen LogP contribution in [0, 0.1) is 0 Å². The summed E-state index contributed by atoms with van der Waals surface area (Å²) >= 11 is 6.14. The highest BCUT2D eigenvalue weighted by atomic mass is 35.5. The average Bonchev–Trinajstić information content (AvgIpc) is 2.88. The van der Waals surface area contributed by atoms with Crippen molar-refractivity contribution >= 4 is 47.4 Å². The van der Waals surface area contributed by atoms with Gasteiger partial charge in [0.25, 0.3) is 11.8 Å². The Kier molecular flexibility index (Phi) is 9.40. The van der Waals surface area contributed by atoms with E-state index in [0.717, 1.165) is 5.69 Å². The number of aliphatic carboxylic acids is 1. The summed E-state index contributed by atoms with van der Waals surface area (Å²) in [5, 5.41) is 15.6. The molecule has 2 amide bonds. The molecule has 0 atom stereocenters. The van der Waals surface area contributed by atoms with Crippen LogP contribution in [0.2, 0.25) is 5.02 Å². The van der Waals surface area contributed by atoms with Gasteiger partial charge in [0.1, 0.15) is 11.4 Å². The lowest BCUT2D eigenvalue weighted by atomic mass is 10.1. The van der Waals surface area contributed by atoms with Crippen LogP contribution in [0.5, 0.6) is 5.75 Å². The van der Waals surface area contributed by atoms with Crippen LogP contribution < -0.4 is 20.4 Å². The van der Waals surface area contributed by atoms with Crippen molar-refractivity contribution < 1.29 is 24.2 Å². The molecular weight excluding hydrogens is 496 g/mol. The Morgan fingerprint density at radius 2 is 1.68 bits per heavy atom. The fourth-order valence-electron chi connectivity index (χ4n) is 3.11. The largest absolute Gasteiger partial charge is 0.481 e. The molecule has 0 saturated carbocycles. The Morgan fingerprint density at radius 1 is 1.00 bits per heavy atom. The lowest BCUT2D eigenvalue weighted by molar-refractivity contribution is -0.139. The number of carboxylic acids is 1. The molecule has 3 aromatic rings. The van der Waals surface area contributed by atoms with Gasteiger partial charge in [-0.3, -0.25) is 9.59 Å². The molecule has 0 aromatic heterocycles. The third-order valence-corrected chi connectivity index (χ3v) is 5.30. The second kappa shape index (κ2) is 12.9. The zero-order chi connectivity index (χ0) is 26.8. The number of rotatable bonds is 10. The van der Waals surface area contributed by atoms with Gasteiger partial charge in [-0.25, -0.2) is 10.2 Å². The maximum atomic E-state index is 13.0. The van der Waals surface area contributed by atoms with Gasteiger partial charge in [0.15, 0.2) is 6.61 Å². The topological polar surface area (TPSA) is 120 Å². The van der Waals surface area contributed by atoms with Crippen molar-refractivity contribution in [2.75, 3.05) is 25.6 Å². The molecule has 3 aromatic carbocycles. The van der Waals surface area contributed by atoms with Gasteiger partial charge >= 0.3 is 5.97 Å². The van der Waals surface area contributed by atoms with Crippen LogP contribution in [0.1, 0.15) is 21.5 Å². The van der Waals surface area contributed by atoms with Crippen LogP contribution >= 0.6 is 11.6 Å². The van der Waals surface area contributed by atoms with Gasteiger partial charge in [-0.2, -0.15) is 5.10 Å². The van der Waals surface area contributed by atoms with Crippen molar-refractivity contribution in [3.63, 3.8) is 0 Å². The van der Waals surface area contributed by atoms with Crippen LogP contribution in [-0.4, -0.2) is 49.8 Å². The molecule has 0 aliphatic heterocycles. The maximum Gasteiger partial charge on any atom is 0.341 e. The Balaban J connectivity index is 1.83. The van der Waals surface area contributed by atoms with E-state index in [-0.39, 0.29) is 22.0 Å². The summed E-state index contributed by atoms with van der Waals surface area (Å²) in [4.78, 5) is 38.6. The minimum absolute atomic E-state index is 0.0601. The Morgan fingerprint density at radius 3 is 2.35 bits per heavy atom. The highest BCUT2D eigenvalue weighted by Gasteiger charge is 2.16. The minimum Gasteiger partial charge on any atom is -0.481 e. The van der Waals surface area contributed by atoms with Crippen molar-refractivity contribution in [1.82, 2.24) is 10.7 Å². The number of carbonyl (C=O) groups excluding carboxylic acids is 2. The molecule has 0 spiro atoms. The number of hydrogen-bond acceptors (Lipinski definition) is 6. The zero-order valence-corrected chi connectivity index (χ0v) is 20.9. The molecule has 3 N–H and O–H groups in total. The molecule has 0 heterocycles. The SMILES string of the molecule is CN(C)c1ccc(/C=C(/NC(=O)c2ccccc2Cl)C(=O)N/N=C\c2ccccc2OCC(=O)O)cc1. The van der Waals surface area contributed by atoms with Crippen LogP contribution in [0.15, 0.2) is 83.6 Å². The first kappa shape index (κ1) is 27.0. The molecule has 190 valence electrons. The smallest absolute Gasteiger partial charge is 0.341 e. The summed E-state index contributed by atoms with van der Waals surface area (Å²) in [6.07, 6.45) is 2.83. The number of nitrogens with zero attached hydrogens (tertiary/aromatic N) is 2. The molecule has 0 radical (unpaired) electrons. The van der Waals surface area contributed by atoms with Crippen molar-refractivity contribution in [1.29, 1.82) is 0 Å². The quantitative estimate of drug-likeness (QED) is 0.212. The number of anilines is 1. The number of carboxylic acid groups (broad SMARTS) is 1. The summed E-state index contributed by atoms with van der Waals surface area (Å²) in [6, 6.07) is 20.5. The highest BCUT2D eigenvalue weighted by molar-refractivity contribution is 6.34. The van der Waals surface area contributed by atoms with Crippen molar-refractivity contribution in [2.24, 2.45) is 5.10 Å². The molecule has 37 heavy (non-hydrogen) atoms. The van der Waals surface area contributed by atoms with E-state index < -0.39 is 24.4 Å². The van der Waals surface area contributed by atoms with E-state index in [4.69, 9.17) is 21.4 Å². The predicted octanol–water partition coefficient (Wildman–Crippen LogP) is 3.79. The monoisotopic (exact) mass is 520 g/mol. The number of ether oxygens (including phenoxy) is 1. The standard InChI is InChI=1S/C27H25ClN4O5/c1-32(2)20-13-11-18(12-14-20)15-23(30-26(35)21-8-4-5-9-22(21)28)27(36)31-29-16-19-7-3-6-10-24(19)37-17-25(33)34/h3-16H,17H2,1-2H3,(H,30,35)(H,31,36)(H,33,34)/b23-15+,29-16-. The number of hydrazone groups is 1. The van der Waals surface area contributed by atoms with Gasteiger partial charge in [0.2, 0.25) is 0 Å². The van der Waals surface area contributed by atoms with Gasteiger partial charge < -0.3 is 20.1 Å². The zero-order valence-electron chi connectivity index (χ0n) is 20.1. The number of hydrogen-bond donors (Lipinski definition) is 3. The van der Waals surface area contributed by atoms with Gasteiger partial charge in [0.05, 0.1) is 16.8 Å². The molecule has 0 saturated heterocycles. The van der Waals surface area contributed by atoms with Crippen LogP contribution in [0.3, 0.4) is 0 Å². The molecule has 0 bridgehead atoms. The third-order valence-electron chi connectivity index (χ3n) is 4.97. The molecule has 10 heteroatoms.